The van der Waals surface area contributed by atoms with E-state index in [9.17, 15) is 13.6 Å². The number of nitrogens with two attached hydrogens (primary N) is 1. The lowest BCUT2D eigenvalue weighted by molar-refractivity contribution is 0.0955. The van der Waals surface area contributed by atoms with E-state index in [4.69, 9.17) is 10.5 Å². The van der Waals surface area contributed by atoms with Gasteiger partial charge in [0.1, 0.15) is 27.9 Å². The van der Waals surface area contributed by atoms with Crippen LogP contribution in [0, 0.1) is 18.6 Å². The van der Waals surface area contributed by atoms with Gasteiger partial charge in [-0.3, -0.25) is 9.78 Å². The van der Waals surface area contributed by atoms with Gasteiger partial charge >= 0.3 is 0 Å². The third-order valence-electron chi connectivity index (χ3n) is 4.62. The molecule has 1 amide bonds. The number of nitrogens with zero attached hydrogens (tertiary/aromatic N) is 2. The Morgan fingerprint density at radius 2 is 2.06 bits per heavy atom. The summed E-state index contributed by atoms with van der Waals surface area (Å²) in [6.45, 7) is 1.94. The van der Waals surface area contributed by atoms with Gasteiger partial charge in [-0.15, -0.1) is 11.3 Å². The minimum Gasteiger partial charge on any atom is -0.471 e. The number of nitrogen functional groups attached to an aromatic ring is 1. The first-order valence-electron chi connectivity index (χ1n) is 9.37. The van der Waals surface area contributed by atoms with E-state index in [-0.39, 0.29) is 23.6 Å². The van der Waals surface area contributed by atoms with Crippen molar-refractivity contribution in [3.63, 3.8) is 0 Å². The van der Waals surface area contributed by atoms with Crippen LogP contribution in [0.2, 0.25) is 0 Å². The molecule has 158 valence electrons. The van der Waals surface area contributed by atoms with E-state index in [1.54, 1.807) is 12.3 Å². The van der Waals surface area contributed by atoms with Crippen LogP contribution in [-0.4, -0.2) is 15.9 Å². The monoisotopic (exact) mass is 440 g/mol. The summed E-state index contributed by atoms with van der Waals surface area (Å²) in [6, 6.07) is 10.4. The number of benzene rings is 1. The third-order valence-corrected chi connectivity index (χ3v) is 5.72. The number of hydrogen-bond acceptors (Lipinski definition) is 6. The lowest BCUT2D eigenvalue weighted by atomic mass is 10.1. The molecule has 0 aliphatic rings. The van der Waals surface area contributed by atoms with Crippen LogP contribution in [0.15, 0.2) is 48.7 Å². The molecule has 4 aromatic rings. The molecule has 9 heteroatoms. The molecule has 6 nitrogen and oxygen atoms in total. The van der Waals surface area contributed by atoms with Gasteiger partial charge < -0.3 is 15.8 Å². The molecule has 3 heterocycles. The van der Waals surface area contributed by atoms with Crippen LogP contribution in [0.4, 0.5) is 14.5 Å². The Hall–Kier alpha value is -3.59. The molecule has 1 aromatic carbocycles. The Morgan fingerprint density at radius 3 is 2.84 bits per heavy atom. The van der Waals surface area contributed by atoms with Gasteiger partial charge in [-0.2, -0.15) is 0 Å². The highest BCUT2D eigenvalue weighted by molar-refractivity contribution is 7.21. The zero-order valence-corrected chi connectivity index (χ0v) is 17.3. The summed E-state index contributed by atoms with van der Waals surface area (Å²) in [5, 5.41) is 3.25. The van der Waals surface area contributed by atoms with Crippen LogP contribution < -0.4 is 15.8 Å². The van der Waals surface area contributed by atoms with E-state index in [2.05, 4.69) is 15.3 Å². The predicted molar refractivity (Wildman–Crippen MR) is 115 cm³/mol. The fraction of sp³-hybridized carbons (Fsp3) is 0.136. The highest BCUT2D eigenvalue weighted by atomic mass is 32.1. The van der Waals surface area contributed by atoms with Crippen molar-refractivity contribution in [1.29, 1.82) is 0 Å². The van der Waals surface area contributed by atoms with Crippen molar-refractivity contribution in [3.8, 4) is 5.88 Å². The molecule has 0 radical (unpaired) electrons. The molecule has 4 rings (SSSR count). The second kappa shape index (κ2) is 8.65. The Balaban J connectivity index is 1.54. The van der Waals surface area contributed by atoms with Crippen molar-refractivity contribution >= 4 is 33.1 Å². The summed E-state index contributed by atoms with van der Waals surface area (Å²) in [6.07, 6.45) is 1.68. The van der Waals surface area contributed by atoms with Crippen molar-refractivity contribution in [1.82, 2.24) is 15.3 Å². The normalized spacial score (nSPS) is 10.9. The van der Waals surface area contributed by atoms with Crippen LogP contribution in [0.3, 0.4) is 0 Å². The number of nitrogens with one attached hydrogen (secondary N) is 1. The largest absolute Gasteiger partial charge is 0.471 e. The van der Waals surface area contributed by atoms with Crippen molar-refractivity contribution in [2.24, 2.45) is 0 Å². The van der Waals surface area contributed by atoms with Crippen LogP contribution in [0.1, 0.15) is 26.5 Å². The molecule has 0 atom stereocenters. The number of aromatic nitrogens is 2. The number of thiophene rings is 1. The number of rotatable bonds is 6. The molecule has 0 saturated carbocycles. The lowest BCUT2D eigenvalue weighted by Gasteiger charge is -2.07. The molecule has 0 saturated heterocycles. The number of ether oxygens (including phenoxy) is 1. The van der Waals surface area contributed by atoms with E-state index in [0.717, 1.165) is 40.8 Å². The maximum absolute atomic E-state index is 13.8. The number of anilines is 1. The maximum atomic E-state index is 13.8. The highest BCUT2D eigenvalue weighted by Crippen LogP contribution is 2.36. The molecule has 0 fully saturated rings. The summed E-state index contributed by atoms with van der Waals surface area (Å²) in [5.74, 6) is -1.27. The van der Waals surface area contributed by atoms with Crippen molar-refractivity contribution in [3.05, 3.63) is 82.0 Å². The summed E-state index contributed by atoms with van der Waals surface area (Å²) in [4.78, 5) is 22.1. The van der Waals surface area contributed by atoms with Gasteiger partial charge in [0.25, 0.3) is 5.91 Å². The Kier molecular flexibility index (Phi) is 5.77. The van der Waals surface area contributed by atoms with Gasteiger partial charge in [-0.05, 0) is 42.8 Å². The smallest absolute Gasteiger partial charge is 0.263 e. The molecule has 0 aliphatic carbocycles. The van der Waals surface area contributed by atoms with Crippen LogP contribution >= 0.6 is 11.3 Å². The highest BCUT2D eigenvalue weighted by Gasteiger charge is 2.20. The first-order chi connectivity index (χ1) is 14.9. The number of fused-ring (bicyclic) bond motifs is 1. The summed E-state index contributed by atoms with van der Waals surface area (Å²) in [7, 11) is 0. The fourth-order valence-electron chi connectivity index (χ4n) is 3.09. The van der Waals surface area contributed by atoms with Crippen molar-refractivity contribution in [2.45, 2.75) is 20.1 Å². The van der Waals surface area contributed by atoms with E-state index >= 15 is 0 Å². The second-order valence-electron chi connectivity index (χ2n) is 6.83. The van der Waals surface area contributed by atoms with E-state index < -0.39 is 17.5 Å². The van der Waals surface area contributed by atoms with Crippen LogP contribution in [0.25, 0.3) is 10.2 Å². The van der Waals surface area contributed by atoms with Gasteiger partial charge in [-0.25, -0.2) is 13.8 Å². The van der Waals surface area contributed by atoms with Crippen molar-refractivity contribution < 1.29 is 18.3 Å². The average Bonchev–Trinajstić information content (AvgIpc) is 3.10. The number of halogens is 2. The fourth-order valence-corrected chi connectivity index (χ4v) is 4.17. The lowest BCUT2D eigenvalue weighted by Crippen LogP contribution is -2.23. The second-order valence-corrected chi connectivity index (χ2v) is 7.83. The maximum Gasteiger partial charge on any atom is 0.263 e. The average molecular weight is 440 g/mol. The Morgan fingerprint density at radius 1 is 1.23 bits per heavy atom. The van der Waals surface area contributed by atoms with Crippen LogP contribution in [-0.2, 0) is 13.2 Å². The summed E-state index contributed by atoms with van der Waals surface area (Å²) < 4.78 is 32.9. The molecular formula is C22H18F2N4O2S. The van der Waals surface area contributed by atoms with Gasteiger partial charge in [0, 0.05) is 29.8 Å². The SMILES string of the molecule is Cc1cc(OCc2ccccn2)nc2sc(C(=O)NCc3cc(F)ccc3F)c(N)c12. The Bertz CT molecular complexity index is 1260. The number of pyridine rings is 2. The Labute approximate surface area is 180 Å². The number of aryl methyl sites for hydroxylation is 1. The van der Waals surface area contributed by atoms with Crippen molar-refractivity contribution in [2.75, 3.05) is 5.73 Å². The molecule has 0 unspecified atom stereocenters. The topological polar surface area (TPSA) is 90.1 Å². The van der Waals surface area contributed by atoms with Gasteiger partial charge in [0.15, 0.2) is 0 Å². The molecule has 0 bridgehead atoms. The zero-order chi connectivity index (χ0) is 22.0. The van der Waals surface area contributed by atoms with E-state index in [1.165, 1.54) is 0 Å². The van der Waals surface area contributed by atoms with E-state index in [0.29, 0.717) is 21.8 Å². The minimum atomic E-state index is -0.599. The van der Waals surface area contributed by atoms with Crippen LogP contribution in [0.5, 0.6) is 5.88 Å². The number of amides is 1. The summed E-state index contributed by atoms with van der Waals surface area (Å²) in [5.41, 5.74) is 8.11. The molecule has 0 spiro atoms. The quantitative estimate of drug-likeness (QED) is 0.465. The number of carbonyl (C=O) groups excluding carboxylic acids is 1. The standard InChI is InChI=1S/C22H18F2N4O2S/c1-12-8-17(30-11-15-4-2-3-7-26-15)28-22-18(12)19(25)20(31-22)21(29)27-10-13-9-14(23)5-6-16(13)24/h2-9H,10-11,25H2,1H3,(H,27,29). The predicted octanol–water partition coefficient (Wildman–Crippen LogP) is 4.37. The molecular weight excluding hydrogens is 422 g/mol. The molecule has 0 aliphatic heterocycles. The summed E-state index contributed by atoms with van der Waals surface area (Å²) >= 11 is 1.11. The molecule has 3 N–H and O–H groups in total. The van der Waals surface area contributed by atoms with Gasteiger partial charge in [-0.1, -0.05) is 6.07 Å². The zero-order valence-electron chi connectivity index (χ0n) is 16.5. The minimum absolute atomic E-state index is 0.0487. The third kappa shape index (κ3) is 4.46. The number of hydrogen-bond donors (Lipinski definition) is 2. The molecule has 31 heavy (non-hydrogen) atoms. The van der Waals surface area contributed by atoms with Gasteiger partial charge in [0.2, 0.25) is 5.88 Å². The van der Waals surface area contributed by atoms with Gasteiger partial charge in [0.05, 0.1) is 11.4 Å². The first kappa shape index (κ1) is 20.7. The van der Waals surface area contributed by atoms with E-state index in [1.807, 2.05) is 25.1 Å². The molecule has 3 aromatic heterocycles. The first-order valence-corrected chi connectivity index (χ1v) is 10.2. The number of carbonyl (C=O) groups is 1.